The molecule has 20 heavy (non-hydrogen) atoms. The maximum absolute atomic E-state index is 11.5. The SMILES string of the molecule is O=S1(=O)CCC(O)(Cc2ccn(C3CCCCC3)n2)C1. The largest absolute Gasteiger partial charge is 0.388 e. The predicted octanol–water partition coefficient (Wildman–Crippen LogP) is 1.48. The van der Waals surface area contributed by atoms with Crippen molar-refractivity contribution in [1.29, 1.82) is 0 Å². The smallest absolute Gasteiger partial charge is 0.153 e. The molecule has 2 aliphatic rings. The van der Waals surface area contributed by atoms with Crippen LogP contribution in [0, 0.1) is 0 Å². The van der Waals surface area contributed by atoms with E-state index >= 15 is 0 Å². The highest BCUT2D eigenvalue weighted by molar-refractivity contribution is 7.91. The molecule has 0 aromatic carbocycles. The maximum atomic E-state index is 11.5. The van der Waals surface area contributed by atoms with E-state index in [1.165, 1.54) is 32.1 Å². The lowest BCUT2D eigenvalue weighted by Gasteiger charge is -2.22. The predicted molar refractivity (Wildman–Crippen MR) is 76.3 cm³/mol. The average Bonchev–Trinajstić information content (AvgIpc) is 2.95. The summed E-state index contributed by atoms with van der Waals surface area (Å²) < 4.78 is 25.0. The third-order valence-corrected chi connectivity index (χ3v) is 6.29. The molecular weight excluding hydrogens is 276 g/mol. The number of rotatable bonds is 3. The Balaban J connectivity index is 1.68. The van der Waals surface area contributed by atoms with Crippen LogP contribution >= 0.6 is 0 Å². The molecule has 1 unspecified atom stereocenters. The molecule has 5 nitrogen and oxygen atoms in total. The fraction of sp³-hybridized carbons (Fsp3) is 0.786. The summed E-state index contributed by atoms with van der Waals surface area (Å²) in [6, 6.07) is 2.39. The van der Waals surface area contributed by atoms with Crippen LogP contribution in [0.1, 0.15) is 50.3 Å². The van der Waals surface area contributed by atoms with Crippen molar-refractivity contribution in [2.45, 2.75) is 56.6 Å². The number of sulfone groups is 1. The van der Waals surface area contributed by atoms with Crippen LogP contribution in [0.2, 0.25) is 0 Å². The summed E-state index contributed by atoms with van der Waals surface area (Å²) in [5.41, 5.74) is -0.319. The van der Waals surface area contributed by atoms with E-state index in [1.54, 1.807) is 0 Å². The third-order valence-electron chi connectivity index (χ3n) is 4.49. The molecule has 1 N–H and O–H groups in total. The van der Waals surface area contributed by atoms with Gasteiger partial charge in [-0.2, -0.15) is 5.10 Å². The zero-order valence-corrected chi connectivity index (χ0v) is 12.5. The Bertz CT molecular complexity index is 575. The molecule has 0 radical (unpaired) electrons. The summed E-state index contributed by atoms with van der Waals surface area (Å²) in [5.74, 6) is -0.0386. The van der Waals surface area contributed by atoms with E-state index in [-0.39, 0.29) is 11.5 Å². The number of aliphatic hydroxyl groups is 1. The lowest BCUT2D eigenvalue weighted by atomic mass is 9.96. The molecule has 1 aliphatic carbocycles. The molecular formula is C14H22N2O3S. The number of hydrogen-bond acceptors (Lipinski definition) is 4. The van der Waals surface area contributed by atoms with Crippen LogP contribution in [0.5, 0.6) is 0 Å². The van der Waals surface area contributed by atoms with Gasteiger partial charge in [-0.3, -0.25) is 4.68 Å². The summed E-state index contributed by atoms with van der Waals surface area (Å²) >= 11 is 0. The van der Waals surface area contributed by atoms with Crippen LogP contribution in [-0.2, 0) is 16.3 Å². The molecule has 1 saturated heterocycles. The molecule has 6 heteroatoms. The Morgan fingerprint density at radius 2 is 2.10 bits per heavy atom. The second-order valence-corrected chi connectivity index (χ2v) is 8.51. The molecule has 112 valence electrons. The van der Waals surface area contributed by atoms with Gasteiger partial charge in [0.05, 0.1) is 28.8 Å². The minimum atomic E-state index is -3.07. The number of hydrogen-bond donors (Lipinski definition) is 1. The van der Waals surface area contributed by atoms with Gasteiger partial charge in [0.2, 0.25) is 0 Å². The molecule has 1 aromatic heterocycles. The first-order valence-electron chi connectivity index (χ1n) is 7.43. The van der Waals surface area contributed by atoms with Gasteiger partial charge in [-0.05, 0) is 25.3 Å². The first-order valence-corrected chi connectivity index (χ1v) is 9.25. The van der Waals surface area contributed by atoms with Crippen LogP contribution in [0.3, 0.4) is 0 Å². The fourth-order valence-electron chi connectivity index (χ4n) is 3.40. The molecule has 2 heterocycles. The lowest BCUT2D eigenvalue weighted by molar-refractivity contribution is 0.0669. The Morgan fingerprint density at radius 1 is 1.35 bits per heavy atom. The second-order valence-electron chi connectivity index (χ2n) is 6.32. The third kappa shape index (κ3) is 3.06. The molecule has 0 spiro atoms. The van der Waals surface area contributed by atoms with Gasteiger partial charge in [0.25, 0.3) is 0 Å². The Kier molecular flexibility index (Phi) is 3.62. The molecule has 0 amide bonds. The zero-order valence-electron chi connectivity index (χ0n) is 11.7. The van der Waals surface area contributed by atoms with Gasteiger partial charge >= 0.3 is 0 Å². The van der Waals surface area contributed by atoms with Gasteiger partial charge in [-0.1, -0.05) is 19.3 Å². The monoisotopic (exact) mass is 298 g/mol. The summed E-state index contributed by atoms with van der Waals surface area (Å²) in [6.45, 7) is 0. The zero-order chi connectivity index (χ0) is 14.2. The first-order chi connectivity index (χ1) is 9.46. The van der Waals surface area contributed by atoms with Gasteiger partial charge in [-0.25, -0.2) is 8.42 Å². The molecule has 0 bridgehead atoms. The van der Waals surface area contributed by atoms with Crippen LogP contribution in [0.25, 0.3) is 0 Å². The van der Waals surface area contributed by atoms with E-state index in [4.69, 9.17) is 0 Å². The summed E-state index contributed by atoms with van der Waals surface area (Å²) in [4.78, 5) is 0. The van der Waals surface area contributed by atoms with Crippen molar-refractivity contribution in [3.05, 3.63) is 18.0 Å². The van der Waals surface area contributed by atoms with Crippen molar-refractivity contribution in [2.75, 3.05) is 11.5 Å². The Hall–Kier alpha value is -0.880. The highest BCUT2D eigenvalue weighted by atomic mass is 32.2. The summed E-state index contributed by atoms with van der Waals surface area (Å²) in [7, 11) is -3.07. The van der Waals surface area contributed by atoms with E-state index in [0.717, 1.165) is 5.69 Å². The minimum absolute atomic E-state index is 0.0901. The van der Waals surface area contributed by atoms with Crippen LogP contribution in [0.15, 0.2) is 12.3 Å². The normalized spacial score (nSPS) is 30.6. The van der Waals surface area contributed by atoms with E-state index < -0.39 is 15.4 Å². The van der Waals surface area contributed by atoms with E-state index in [9.17, 15) is 13.5 Å². The van der Waals surface area contributed by atoms with Crippen molar-refractivity contribution >= 4 is 9.84 Å². The van der Waals surface area contributed by atoms with Gasteiger partial charge in [0.1, 0.15) is 0 Å². The van der Waals surface area contributed by atoms with E-state index in [0.29, 0.717) is 18.9 Å². The van der Waals surface area contributed by atoms with Gasteiger partial charge < -0.3 is 5.11 Å². The first kappa shape index (κ1) is 14.1. The van der Waals surface area contributed by atoms with Crippen molar-refractivity contribution in [1.82, 2.24) is 9.78 Å². The molecule has 1 saturated carbocycles. The minimum Gasteiger partial charge on any atom is -0.388 e. The molecule has 1 aromatic rings. The van der Waals surface area contributed by atoms with Gasteiger partial charge in [0.15, 0.2) is 9.84 Å². The maximum Gasteiger partial charge on any atom is 0.153 e. The average molecular weight is 298 g/mol. The topological polar surface area (TPSA) is 72.2 Å². The fourth-order valence-corrected chi connectivity index (χ4v) is 5.30. The number of aromatic nitrogens is 2. The van der Waals surface area contributed by atoms with Crippen LogP contribution in [-0.4, -0.2) is 40.4 Å². The van der Waals surface area contributed by atoms with Crippen molar-refractivity contribution in [3.63, 3.8) is 0 Å². The standard InChI is InChI=1S/C14H22N2O3S/c17-14(7-9-20(18,19)11-14)10-12-6-8-16(15-12)13-4-2-1-3-5-13/h6,8,13,17H,1-5,7,9-11H2. The van der Waals surface area contributed by atoms with Crippen molar-refractivity contribution in [3.8, 4) is 0 Å². The lowest BCUT2D eigenvalue weighted by Crippen LogP contribution is -2.33. The highest BCUT2D eigenvalue weighted by Crippen LogP contribution is 2.29. The quantitative estimate of drug-likeness (QED) is 0.917. The highest BCUT2D eigenvalue weighted by Gasteiger charge is 2.41. The Morgan fingerprint density at radius 3 is 2.75 bits per heavy atom. The molecule has 1 atom stereocenters. The van der Waals surface area contributed by atoms with E-state index in [2.05, 4.69) is 5.10 Å². The van der Waals surface area contributed by atoms with Gasteiger partial charge in [0, 0.05) is 12.6 Å². The number of nitrogens with zero attached hydrogens (tertiary/aromatic N) is 2. The van der Waals surface area contributed by atoms with Crippen LogP contribution in [0.4, 0.5) is 0 Å². The summed E-state index contributed by atoms with van der Waals surface area (Å²) in [5, 5.41) is 14.9. The molecule has 1 aliphatic heterocycles. The second kappa shape index (κ2) is 5.15. The van der Waals surface area contributed by atoms with E-state index in [1.807, 2.05) is 16.9 Å². The Labute approximate surface area is 119 Å². The van der Waals surface area contributed by atoms with Crippen LogP contribution < -0.4 is 0 Å². The molecule has 2 fully saturated rings. The summed E-state index contributed by atoms with van der Waals surface area (Å²) in [6.07, 6.45) is 8.78. The van der Waals surface area contributed by atoms with Crippen molar-refractivity contribution in [2.24, 2.45) is 0 Å². The van der Waals surface area contributed by atoms with Crippen molar-refractivity contribution < 1.29 is 13.5 Å². The molecule has 3 rings (SSSR count). The van der Waals surface area contributed by atoms with Gasteiger partial charge in [-0.15, -0.1) is 0 Å².